The lowest BCUT2D eigenvalue weighted by atomic mass is 9.83. The first-order valence-corrected chi connectivity index (χ1v) is 4.37. The second kappa shape index (κ2) is 2.75. The van der Waals surface area contributed by atoms with E-state index in [4.69, 9.17) is 0 Å². The molecule has 2 atom stereocenters. The Balaban J connectivity index is 2.03. The van der Waals surface area contributed by atoms with Crippen LogP contribution in [0.5, 0.6) is 0 Å². The summed E-state index contributed by atoms with van der Waals surface area (Å²) in [4.78, 5) is 0. The quantitative estimate of drug-likeness (QED) is 0.501. The predicted octanol–water partition coefficient (Wildman–Crippen LogP) is 1.70. The van der Waals surface area contributed by atoms with Crippen molar-refractivity contribution in [1.29, 1.82) is 0 Å². The van der Waals surface area contributed by atoms with Gasteiger partial charge in [0, 0.05) is 6.04 Å². The summed E-state index contributed by atoms with van der Waals surface area (Å²) in [5.74, 6) is 0.957. The molecule has 1 heteroatoms. The van der Waals surface area contributed by atoms with Gasteiger partial charge in [-0.15, -0.1) is 0 Å². The van der Waals surface area contributed by atoms with Gasteiger partial charge in [-0.3, -0.25) is 0 Å². The molecule has 0 bridgehead atoms. The Bertz CT molecular complexity index is 140. The van der Waals surface area contributed by atoms with Crippen LogP contribution >= 0.6 is 0 Å². The molecule has 1 heterocycles. The van der Waals surface area contributed by atoms with Crippen molar-refractivity contribution >= 4 is 0 Å². The number of nitrogens with one attached hydrogen (secondary N) is 1. The number of rotatable bonds is 0. The Morgan fingerprint density at radius 3 is 3.20 bits per heavy atom. The van der Waals surface area contributed by atoms with Crippen molar-refractivity contribution in [1.82, 2.24) is 5.32 Å². The van der Waals surface area contributed by atoms with Gasteiger partial charge < -0.3 is 5.32 Å². The molecule has 10 heavy (non-hydrogen) atoms. The summed E-state index contributed by atoms with van der Waals surface area (Å²) in [6.45, 7) is 1.23. The lowest BCUT2D eigenvalue weighted by Crippen LogP contribution is -2.40. The molecule has 1 saturated heterocycles. The molecule has 1 aliphatic carbocycles. The third-order valence-electron chi connectivity index (χ3n) is 2.69. The number of fused-ring (bicyclic) bond motifs is 1. The highest BCUT2D eigenvalue weighted by atomic mass is 14.9. The zero-order chi connectivity index (χ0) is 6.81. The van der Waals surface area contributed by atoms with Crippen LogP contribution in [0.1, 0.15) is 25.7 Å². The minimum Gasteiger partial charge on any atom is -0.310 e. The van der Waals surface area contributed by atoms with E-state index in [1.807, 2.05) is 0 Å². The van der Waals surface area contributed by atoms with E-state index in [-0.39, 0.29) is 0 Å². The van der Waals surface area contributed by atoms with Crippen molar-refractivity contribution in [2.45, 2.75) is 31.7 Å². The van der Waals surface area contributed by atoms with Gasteiger partial charge in [0.25, 0.3) is 0 Å². The highest BCUT2D eigenvalue weighted by molar-refractivity contribution is 5.02. The lowest BCUT2D eigenvalue weighted by Gasteiger charge is -2.32. The molecular weight excluding hydrogens is 122 g/mol. The lowest BCUT2D eigenvalue weighted by molar-refractivity contribution is 0.295. The molecule has 0 aromatic rings. The summed E-state index contributed by atoms with van der Waals surface area (Å²) in [6, 6.07) is 0.725. The van der Waals surface area contributed by atoms with Crippen LogP contribution < -0.4 is 5.32 Å². The molecule has 1 nitrogen and oxygen atoms in total. The minimum absolute atomic E-state index is 0.725. The summed E-state index contributed by atoms with van der Waals surface area (Å²) < 4.78 is 0. The average Bonchev–Trinajstić information content (AvgIpc) is 2.05. The smallest absolute Gasteiger partial charge is 0.0278 e. The van der Waals surface area contributed by atoms with Crippen LogP contribution in [-0.4, -0.2) is 12.6 Å². The zero-order valence-corrected chi connectivity index (χ0v) is 6.34. The normalized spacial score (nSPS) is 39.2. The van der Waals surface area contributed by atoms with Gasteiger partial charge in [-0.25, -0.2) is 0 Å². The maximum absolute atomic E-state index is 3.53. The third kappa shape index (κ3) is 1.10. The largest absolute Gasteiger partial charge is 0.310 e. The Morgan fingerprint density at radius 2 is 2.30 bits per heavy atom. The molecule has 1 aliphatic heterocycles. The maximum Gasteiger partial charge on any atom is 0.0278 e. The molecular formula is C9H15N. The van der Waals surface area contributed by atoms with E-state index in [2.05, 4.69) is 17.5 Å². The van der Waals surface area contributed by atoms with E-state index in [9.17, 15) is 0 Å². The van der Waals surface area contributed by atoms with Crippen molar-refractivity contribution in [3.8, 4) is 0 Å². The van der Waals surface area contributed by atoms with E-state index >= 15 is 0 Å². The van der Waals surface area contributed by atoms with Gasteiger partial charge in [-0.1, -0.05) is 12.2 Å². The maximum atomic E-state index is 3.53. The average molecular weight is 137 g/mol. The molecule has 0 spiro atoms. The van der Waals surface area contributed by atoms with Gasteiger partial charge in [0.1, 0.15) is 0 Å². The van der Waals surface area contributed by atoms with E-state index < -0.39 is 0 Å². The molecule has 56 valence electrons. The van der Waals surface area contributed by atoms with Crippen molar-refractivity contribution in [2.24, 2.45) is 5.92 Å². The number of hydrogen-bond donors (Lipinski definition) is 1. The van der Waals surface area contributed by atoms with Crippen LogP contribution in [-0.2, 0) is 0 Å². The first kappa shape index (κ1) is 6.41. The van der Waals surface area contributed by atoms with E-state index in [1.54, 1.807) is 0 Å². The summed E-state index contributed by atoms with van der Waals surface area (Å²) in [5, 5.41) is 3.53. The van der Waals surface area contributed by atoms with Crippen LogP contribution in [0, 0.1) is 5.92 Å². The van der Waals surface area contributed by atoms with Gasteiger partial charge in [0.15, 0.2) is 0 Å². The van der Waals surface area contributed by atoms with Gasteiger partial charge in [0.2, 0.25) is 0 Å². The van der Waals surface area contributed by atoms with Crippen molar-refractivity contribution in [3.05, 3.63) is 12.2 Å². The molecule has 2 unspecified atom stereocenters. The predicted molar refractivity (Wildman–Crippen MR) is 42.9 cm³/mol. The summed E-state index contributed by atoms with van der Waals surface area (Å²) >= 11 is 0. The van der Waals surface area contributed by atoms with E-state index in [1.165, 1.54) is 32.2 Å². The highest BCUT2D eigenvalue weighted by Gasteiger charge is 2.23. The van der Waals surface area contributed by atoms with Gasteiger partial charge in [-0.05, 0) is 38.1 Å². The number of piperidine rings is 1. The molecule has 1 N–H and O–H groups in total. The van der Waals surface area contributed by atoms with E-state index in [0.717, 1.165) is 12.0 Å². The van der Waals surface area contributed by atoms with Gasteiger partial charge in [0.05, 0.1) is 0 Å². The standard InChI is InChI=1S/C9H15N/c1-2-6-9-8(4-1)5-3-7-10-9/h2,6,8-10H,1,3-5,7H2. The van der Waals surface area contributed by atoms with E-state index in [0.29, 0.717) is 0 Å². The number of allylic oxidation sites excluding steroid dienone is 1. The van der Waals surface area contributed by atoms with Crippen LogP contribution in [0.3, 0.4) is 0 Å². The highest BCUT2D eigenvalue weighted by Crippen LogP contribution is 2.25. The Morgan fingerprint density at radius 1 is 1.30 bits per heavy atom. The topological polar surface area (TPSA) is 12.0 Å². The molecule has 2 aliphatic rings. The molecule has 2 rings (SSSR count). The third-order valence-corrected chi connectivity index (χ3v) is 2.69. The molecule has 1 fully saturated rings. The number of hydrogen-bond acceptors (Lipinski definition) is 1. The molecule has 0 aromatic heterocycles. The monoisotopic (exact) mass is 137 g/mol. The van der Waals surface area contributed by atoms with Crippen LogP contribution in [0.4, 0.5) is 0 Å². The van der Waals surface area contributed by atoms with Crippen LogP contribution in [0.25, 0.3) is 0 Å². The fourth-order valence-corrected chi connectivity index (χ4v) is 2.08. The second-order valence-corrected chi connectivity index (χ2v) is 3.39. The van der Waals surface area contributed by atoms with Crippen LogP contribution in [0.2, 0.25) is 0 Å². The fraction of sp³-hybridized carbons (Fsp3) is 0.778. The van der Waals surface area contributed by atoms with Crippen LogP contribution in [0.15, 0.2) is 12.2 Å². The van der Waals surface area contributed by atoms with Crippen molar-refractivity contribution < 1.29 is 0 Å². The summed E-state index contributed by atoms with van der Waals surface area (Å²) in [6.07, 6.45) is 10.2. The second-order valence-electron chi connectivity index (χ2n) is 3.39. The Labute approximate surface area is 62.5 Å². The molecule has 0 saturated carbocycles. The summed E-state index contributed by atoms with van der Waals surface area (Å²) in [7, 11) is 0. The van der Waals surface area contributed by atoms with Crippen molar-refractivity contribution in [3.63, 3.8) is 0 Å². The fourth-order valence-electron chi connectivity index (χ4n) is 2.08. The Kier molecular flexibility index (Phi) is 1.76. The molecule has 0 radical (unpaired) electrons. The first-order chi connectivity index (χ1) is 4.97. The zero-order valence-electron chi connectivity index (χ0n) is 6.34. The molecule has 0 aromatic carbocycles. The molecule has 0 amide bonds. The Hall–Kier alpha value is -0.300. The first-order valence-electron chi connectivity index (χ1n) is 4.37. The van der Waals surface area contributed by atoms with Gasteiger partial charge >= 0.3 is 0 Å². The SMILES string of the molecule is C1=CC2NCCCC2CC1. The summed E-state index contributed by atoms with van der Waals surface area (Å²) in [5.41, 5.74) is 0. The minimum atomic E-state index is 0.725. The van der Waals surface area contributed by atoms with Crippen molar-refractivity contribution in [2.75, 3.05) is 6.54 Å². The van der Waals surface area contributed by atoms with Gasteiger partial charge in [-0.2, -0.15) is 0 Å².